The Morgan fingerprint density at radius 2 is 1.61 bits per heavy atom. The molecule has 1 atom stereocenters. The Labute approximate surface area is 195 Å². The third kappa shape index (κ3) is 5.02. The van der Waals surface area contributed by atoms with Gasteiger partial charge in [-0.2, -0.15) is 0 Å². The lowest BCUT2D eigenvalue weighted by Gasteiger charge is -2.40. The van der Waals surface area contributed by atoms with Crippen molar-refractivity contribution in [1.82, 2.24) is 4.90 Å². The molecule has 2 aromatic rings. The average Bonchev–Trinajstić information content (AvgIpc) is 2.78. The van der Waals surface area contributed by atoms with Crippen LogP contribution in [0.25, 0.3) is 11.1 Å². The molecule has 0 saturated heterocycles. The molecule has 33 heavy (non-hydrogen) atoms. The lowest BCUT2D eigenvalue weighted by molar-refractivity contribution is -0.117. The number of rotatable bonds is 5. The Morgan fingerprint density at radius 1 is 1.00 bits per heavy atom. The zero-order chi connectivity index (χ0) is 24.3. The zero-order valence-electron chi connectivity index (χ0n) is 20.3. The number of carbonyl (C=O) groups excluding carboxylic acids is 3. The summed E-state index contributed by atoms with van der Waals surface area (Å²) in [5.41, 5.74) is 3.75. The summed E-state index contributed by atoms with van der Waals surface area (Å²) in [7, 11) is 0. The smallest absolute Gasteiger partial charge is 0.414 e. The fourth-order valence-corrected chi connectivity index (χ4v) is 4.22. The highest BCUT2D eigenvalue weighted by Crippen LogP contribution is 2.39. The number of benzene rings is 2. The van der Waals surface area contributed by atoms with Crippen molar-refractivity contribution in [3.8, 4) is 11.1 Å². The van der Waals surface area contributed by atoms with Crippen LogP contribution in [0.15, 0.2) is 42.5 Å². The summed E-state index contributed by atoms with van der Waals surface area (Å²) in [6, 6.07) is 13.0. The maximum atomic E-state index is 12.8. The van der Waals surface area contributed by atoms with E-state index in [-0.39, 0.29) is 24.0 Å². The van der Waals surface area contributed by atoms with Crippen molar-refractivity contribution in [2.75, 3.05) is 29.4 Å². The molecule has 1 heterocycles. The van der Waals surface area contributed by atoms with Crippen molar-refractivity contribution in [1.29, 1.82) is 0 Å². The van der Waals surface area contributed by atoms with E-state index >= 15 is 0 Å². The predicted molar refractivity (Wildman–Crippen MR) is 131 cm³/mol. The molecule has 7 heteroatoms. The number of hydrogen-bond donors (Lipinski definition) is 0. The van der Waals surface area contributed by atoms with Crippen molar-refractivity contribution >= 4 is 29.3 Å². The quantitative estimate of drug-likeness (QED) is 0.645. The van der Waals surface area contributed by atoms with Crippen LogP contribution in [-0.4, -0.2) is 54.6 Å². The first-order chi connectivity index (χ1) is 15.7. The van der Waals surface area contributed by atoms with E-state index in [1.54, 1.807) is 14.7 Å². The van der Waals surface area contributed by atoms with Crippen LogP contribution in [0.4, 0.5) is 16.2 Å². The van der Waals surface area contributed by atoms with E-state index in [0.717, 1.165) is 11.1 Å². The first-order valence-electron chi connectivity index (χ1n) is 11.5. The molecule has 3 rings (SSSR count). The SMILES string of the molecule is CCN(CC)C(=O)c1ccc(-c2ccc3c(c2)N(C(=O)OC(C)C)CC(C)N3C(C)=O)cc1. The first-order valence-corrected chi connectivity index (χ1v) is 11.5. The topological polar surface area (TPSA) is 70.2 Å². The third-order valence-electron chi connectivity index (χ3n) is 5.83. The Hall–Kier alpha value is -3.35. The molecule has 0 fully saturated rings. The van der Waals surface area contributed by atoms with Gasteiger partial charge >= 0.3 is 6.09 Å². The second kappa shape index (κ2) is 10.1. The summed E-state index contributed by atoms with van der Waals surface area (Å²) in [6.45, 7) is 12.7. The Bertz CT molecular complexity index is 1030. The highest BCUT2D eigenvalue weighted by Gasteiger charge is 2.34. The van der Waals surface area contributed by atoms with E-state index in [1.807, 2.05) is 77.1 Å². The normalized spacial score (nSPS) is 15.3. The molecule has 0 saturated carbocycles. The minimum atomic E-state index is -0.432. The van der Waals surface area contributed by atoms with Gasteiger partial charge in [-0.15, -0.1) is 0 Å². The van der Waals surface area contributed by atoms with Gasteiger partial charge in [-0.25, -0.2) is 4.79 Å². The number of carbonyl (C=O) groups is 3. The molecule has 7 nitrogen and oxygen atoms in total. The largest absolute Gasteiger partial charge is 0.446 e. The van der Waals surface area contributed by atoms with Crippen LogP contribution in [0.3, 0.4) is 0 Å². The standard InChI is InChI=1S/C26H33N3O4/c1-7-27(8-2)25(31)21-11-9-20(10-12-21)22-13-14-23-24(15-22)28(26(32)33-17(3)4)16-18(5)29(23)19(6)30/h9-15,17-18H,7-8,16H2,1-6H3. The van der Waals surface area contributed by atoms with Gasteiger partial charge in [0, 0.05) is 32.1 Å². The molecule has 0 radical (unpaired) electrons. The second-order valence-corrected chi connectivity index (χ2v) is 8.54. The molecule has 0 bridgehead atoms. The molecule has 1 aliphatic heterocycles. The third-order valence-corrected chi connectivity index (χ3v) is 5.83. The van der Waals surface area contributed by atoms with Crippen LogP contribution in [0.5, 0.6) is 0 Å². The average molecular weight is 452 g/mol. The van der Waals surface area contributed by atoms with E-state index in [0.29, 0.717) is 36.6 Å². The van der Waals surface area contributed by atoms with Crippen molar-refractivity contribution in [3.63, 3.8) is 0 Å². The second-order valence-electron chi connectivity index (χ2n) is 8.54. The summed E-state index contributed by atoms with van der Waals surface area (Å²) < 4.78 is 5.46. The van der Waals surface area contributed by atoms with Crippen LogP contribution < -0.4 is 9.80 Å². The molecule has 3 amide bonds. The van der Waals surface area contributed by atoms with Crippen molar-refractivity contribution in [3.05, 3.63) is 48.0 Å². The number of fused-ring (bicyclic) bond motifs is 1. The Kier molecular flexibility index (Phi) is 7.41. The molecular weight excluding hydrogens is 418 g/mol. The molecular formula is C26H33N3O4. The van der Waals surface area contributed by atoms with E-state index in [9.17, 15) is 14.4 Å². The molecule has 0 N–H and O–H groups in total. The fourth-order valence-electron chi connectivity index (χ4n) is 4.22. The number of anilines is 2. The maximum Gasteiger partial charge on any atom is 0.414 e. The summed E-state index contributed by atoms with van der Waals surface area (Å²) in [5, 5.41) is 0. The van der Waals surface area contributed by atoms with Crippen molar-refractivity contribution in [2.24, 2.45) is 0 Å². The fraction of sp³-hybridized carbons (Fsp3) is 0.423. The minimum absolute atomic E-state index is 0.00526. The van der Waals surface area contributed by atoms with Gasteiger partial charge in [0.1, 0.15) is 0 Å². The highest BCUT2D eigenvalue weighted by atomic mass is 16.6. The summed E-state index contributed by atoms with van der Waals surface area (Å²) >= 11 is 0. The van der Waals surface area contributed by atoms with E-state index in [1.165, 1.54) is 6.92 Å². The Balaban J connectivity index is 2.00. The minimum Gasteiger partial charge on any atom is -0.446 e. The summed E-state index contributed by atoms with van der Waals surface area (Å²) in [6.07, 6.45) is -0.681. The monoisotopic (exact) mass is 451 g/mol. The van der Waals surface area contributed by atoms with E-state index in [4.69, 9.17) is 4.74 Å². The summed E-state index contributed by atoms with van der Waals surface area (Å²) in [5.74, 6) is -0.0710. The van der Waals surface area contributed by atoms with Gasteiger partial charge in [0.2, 0.25) is 5.91 Å². The van der Waals surface area contributed by atoms with Crippen molar-refractivity contribution < 1.29 is 19.1 Å². The van der Waals surface area contributed by atoms with Gasteiger partial charge in [0.15, 0.2) is 0 Å². The van der Waals surface area contributed by atoms with Gasteiger partial charge in [-0.1, -0.05) is 18.2 Å². The molecule has 176 valence electrons. The molecule has 0 spiro atoms. The lowest BCUT2D eigenvalue weighted by Crippen LogP contribution is -2.51. The number of nitrogens with zero attached hydrogens (tertiary/aromatic N) is 3. The lowest BCUT2D eigenvalue weighted by atomic mass is 9.99. The van der Waals surface area contributed by atoms with E-state index in [2.05, 4.69) is 0 Å². The first kappa shape index (κ1) is 24.3. The number of ether oxygens (including phenoxy) is 1. The van der Waals surface area contributed by atoms with Crippen molar-refractivity contribution in [2.45, 2.75) is 53.7 Å². The van der Waals surface area contributed by atoms with Crippen LogP contribution in [0.2, 0.25) is 0 Å². The van der Waals surface area contributed by atoms with Crippen LogP contribution in [-0.2, 0) is 9.53 Å². The number of hydrogen-bond acceptors (Lipinski definition) is 4. The van der Waals surface area contributed by atoms with Gasteiger partial charge < -0.3 is 14.5 Å². The Morgan fingerprint density at radius 3 is 2.15 bits per heavy atom. The molecule has 2 aromatic carbocycles. The van der Waals surface area contributed by atoms with E-state index < -0.39 is 6.09 Å². The molecule has 1 aliphatic rings. The number of amides is 3. The van der Waals surface area contributed by atoms with Gasteiger partial charge in [-0.3, -0.25) is 14.5 Å². The van der Waals surface area contributed by atoms with Crippen LogP contribution in [0, 0.1) is 0 Å². The zero-order valence-corrected chi connectivity index (χ0v) is 20.3. The predicted octanol–water partition coefficient (Wildman–Crippen LogP) is 4.94. The van der Waals surface area contributed by atoms with Gasteiger partial charge in [0.05, 0.1) is 23.5 Å². The van der Waals surface area contributed by atoms with Gasteiger partial charge in [-0.05, 0) is 70.0 Å². The van der Waals surface area contributed by atoms with Crippen LogP contribution in [0.1, 0.15) is 51.9 Å². The molecule has 1 unspecified atom stereocenters. The van der Waals surface area contributed by atoms with Gasteiger partial charge in [0.25, 0.3) is 5.91 Å². The summed E-state index contributed by atoms with van der Waals surface area (Å²) in [4.78, 5) is 42.9. The molecule has 0 aliphatic carbocycles. The highest BCUT2D eigenvalue weighted by molar-refractivity contribution is 6.03. The maximum absolute atomic E-state index is 12.8. The van der Waals surface area contributed by atoms with Crippen LogP contribution >= 0.6 is 0 Å². The molecule has 0 aromatic heterocycles.